The molecule has 18 heavy (non-hydrogen) atoms. The molecular weight excluding hydrogens is 259 g/mol. The Kier molecular flexibility index (Phi) is 4.02. The van der Waals surface area contributed by atoms with Crippen LogP contribution in [-0.2, 0) is 10.0 Å². The molecule has 4 N–H and O–H groups in total. The summed E-state index contributed by atoms with van der Waals surface area (Å²) < 4.78 is 38.8. The Bertz CT molecular complexity index is 557. The first-order valence-electron chi connectivity index (χ1n) is 5.10. The molecule has 0 spiro atoms. The van der Waals surface area contributed by atoms with Crippen LogP contribution in [0, 0.1) is 16.6 Å². The van der Waals surface area contributed by atoms with Crippen molar-refractivity contribution in [2.75, 3.05) is 6.54 Å². The summed E-state index contributed by atoms with van der Waals surface area (Å²) in [7, 11) is -3.85. The molecule has 0 atom stereocenters. The zero-order valence-electron chi connectivity index (χ0n) is 10.1. The standard InChI is InChI=1S/C10H15FN4O2S/c1-10(2,9(12)13)6-15-18(16,17)8-3-7(11)4-14-5-8/h3-5,15H,6H2,1-2H3,(H3,12,13). The highest BCUT2D eigenvalue weighted by atomic mass is 32.2. The van der Waals surface area contributed by atoms with Crippen LogP contribution in [0.25, 0.3) is 0 Å². The van der Waals surface area contributed by atoms with E-state index >= 15 is 0 Å². The lowest BCUT2D eigenvalue weighted by Gasteiger charge is -2.23. The first kappa shape index (κ1) is 14.5. The largest absolute Gasteiger partial charge is 0.387 e. The average Bonchev–Trinajstić information content (AvgIpc) is 2.26. The van der Waals surface area contributed by atoms with E-state index in [2.05, 4.69) is 9.71 Å². The summed E-state index contributed by atoms with van der Waals surface area (Å²) in [6.07, 6.45) is 1.96. The second-order valence-electron chi connectivity index (χ2n) is 4.46. The van der Waals surface area contributed by atoms with E-state index in [1.54, 1.807) is 13.8 Å². The van der Waals surface area contributed by atoms with Crippen molar-refractivity contribution in [3.05, 3.63) is 24.3 Å². The van der Waals surface area contributed by atoms with Gasteiger partial charge in [-0.05, 0) is 6.07 Å². The van der Waals surface area contributed by atoms with Gasteiger partial charge in [0.05, 0.1) is 12.0 Å². The fourth-order valence-corrected chi connectivity index (χ4v) is 2.18. The van der Waals surface area contributed by atoms with Gasteiger partial charge in [0.2, 0.25) is 10.0 Å². The lowest BCUT2D eigenvalue weighted by atomic mass is 9.93. The highest BCUT2D eigenvalue weighted by Gasteiger charge is 2.25. The average molecular weight is 274 g/mol. The number of amidine groups is 1. The van der Waals surface area contributed by atoms with Gasteiger partial charge in [-0.3, -0.25) is 10.4 Å². The van der Waals surface area contributed by atoms with Crippen molar-refractivity contribution >= 4 is 15.9 Å². The van der Waals surface area contributed by atoms with Crippen LogP contribution in [-0.4, -0.2) is 25.8 Å². The third-order valence-electron chi connectivity index (χ3n) is 2.42. The summed E-state index contributed by atoms with van der Waals surface area (Å²) in [5, 5.41) is 7.31. The quantitative estimate of drug-likeness (QED) is 0.535. The fraction of sp³-hybridized carbons (Fsp3) is 0.400. The molecule has 0 fully saturated rings. The Morgan fingerprint density at radius 1 is 1.56 bits per heavy atom. The minimum absolute atomic E-state index is 0.0544. The summed E-state index contributed by atoms with van der Waals surface area (Å²) >= 11 is 0. The molecular formula is C10H15FN4O2S. The second-order valence-corrected chi connectivity index (χ2v) is 6.23. The van der Waals surface area contributed by atoms with Gasteiger partial charge in [-0.1, -0.05) is 13.8 Å². The molecule has 0 unspecified atom stereocenters. The van der Waals surface area contributed by atoms with Gasteiger partial charge in [0.15, 0.2) is 0 Å². The van der Waals surface area contributed by atoms with E-state index in [9.17, 15) is 12.8 Å². The number of halogens is 1. The number of nitrogens with two attached hydrogens (primary N) is 1. The van der Waals surface area contributed by atoms with Crippen LogP contribution in [0.1, 0.15) is 13.8 Å². The lowest BCUT2D eigenvalue weighted by Crippen LogP contribution is -2.42. The summed E-state index contributed by atoms with van der Waals surface area (Å²) in [5.74, 6) is -0.869. The smallest absolute Gasteiger partial charge is 0.242 e. The van der Waals surface area contributed by atoms with Crippen molar-refractivity contribution in [2.45, 2.75) is 18.7 Å². The highest BCUT2D eigenvalue weighted by molar-refractivity contribution is 7.89. The molecule has 6 nitrogen and oxygen atoms in total. The molecule has 1 aromatic heterocycles. The molecule has 0 radical (unpaired) electrons. The Hall–Kier alpha value is -1.54. The Labute approximate surface area is 105 Å². The highest BCUT2D eigenvalue weighted by Crippen LogP contribution is 2.15. The molecule has 0 saturated heterocycles. The number of aromatic nitrogens is 1. The number of rotatable bonds is 5. The number of hydrogen-bond acceptors (Lipinski definition) is 4. The van der Waals surface area contributed by atoms with E-state index in [0.717, 1.165) is 18.5 Å². The van der Waals surface area contributed by atoms with E-state index in [4.69, 9.17) is 11.1 Å². The van der Waals surface area contributed by atoms with Gasteiger partial charge in [-0.15, -0.1) is 0 Å². The molecule has 1 aromatic rings. The van der Waals surface area contributed by atoms with Crippen LogP contribution in [0.15, 0.2) is 23.4 Å². The van der Waals surface area contributed by atoms with Crippen molar-refractivity contribution in [1.29, 1.82) is 5.41 Å². The van der Waals surface area contributed by atoms with Crippen molar-refractivity contribution in [3.63, 3.8) is 0 Å². The van der Waals surface area contributed by atoms with Gasteiger partial charge < -0.3 is 5.73 Å². The second kappa shape index (κ2) is 4.99. The Morgan fingerprint density at radius 3 is 2.67 bits per heavy atom. The summed E-state index contributed by atoms with van der Waals surface area (Å²) in [6.45, 7) is 3.20. The molecule has 0 aliphatic carbocycles. The summed E-state index contributed by atoms with van der Waals surface area (Å²) in [4.78, 5) is 3.21. The maximum Gasteiger partial charge on any atom is 0.242 e. The number of nitrogens with one attached hydrogen (secondary N) is 2. The first-order chi connectivity index (χ1) is 8.15. The van der Waals surface area contributed by atoms with E-state index in [-0.39, 0.29) is 17.3 Å². The number of sulfonamides is 1. The third kappa shape index (κ3) is 3.47. The van der Waals surface area contributed by atoms with Gasteiger partial charge in [0.1, 0.15) is 10.7 Å². The van der Waals surface area contributed by atoms with Gasteiger partial charge >= 0.3 is 0 Å². The number of hydrogen-bond donors (Lipinski definition) is 3. The molecule has 8 heteroatoms. The number of nitrogens with zero attached hydrogens (tertiary/aromatic N) is 1. The summed E-state index contributed by atoms with van der Waals surface area (Å²) in [6, 6.07) is 0.871. The normalized spacial score (nSPS) is 12.4. The van der Waals surface area contributed by atoms with Gasteiger partial charge in [-0.2, -0.15) is 0 Å². The van der Waals surface area contributed by atoms with Gasteiger partial charge in [0, 0.05) is 18.2 Å². The maximum atomic E-state index is 12.9. The minimum atomic E-state index is -3.85. The molecule has 0 aliphatic rings. The van der Waals surface area contributed by atoms with Crippen LogP contribution in [0.3, 0.4) is 0 Å². The van der Waals surface area contributed by atoms with Crippen LogP contribution < -0.4 is 10.5 Å². The van der Waals surface area contributed by atoms with Crippen molar-refractivity contribution in [2.24, 2.45) is 11.1 Å². The maximum absolute atomic E-state index is 12.9. The van der Waals surface area contributed by atoms with Crippen molar-refractivity contribution < 1.29 is 12.8 Å². The predicted octanol–water partition coefficient (Wildman–Crippen LogP) is 0.461. The van der Waals surface area contributed by atoms with E-state index in [1.165, 1.54) is 0 Å². The van der Waals surface area contributed by atoms with Crippen molar-refractivity contribution in [3.8, 4) is 0 Å². The lowest BCUT2D eigenvalue weighted by molar-refractivity contribution is 0.492. The monoisotopic (exact) mass is 274 g/mol. The Morgan fingerprint density at radius 2 is 2.17 bits per heavy atom. The third-order valence-corrected chi connectivity index (χ3v) is 3.79. The van der Waals surface area contributed by atoms with Gasteiger partial charge in [0.25, 0.3) is 0 Å². The zero-order chi connectivity index (χ0) is 14.0. The van der Waals surface area contributed by atoms with Crippen LogP contribution >= 0.6 is 0 Å². The minimum Gasteiger partial charge on any atom is -0.387 e. The molecule has 0 aromatic carbocycles. The van der Waals surface area contributed by atoms with Crippen molar-refractivity contribution in [1.82, 2.24) is 9.71 Å². The molecule has 0 saturated carbocycles. The van der Waals surface area contributed by atoms with Gasteiger partial charge in [-0.25, -0.2) is 17.5 Å². The molecule has 1 rings (SSSR count). The SMILES string of the molecule is CC(C)(CNS(=O)(=O)c1cncc(F)c1)C(=N)N. The molecule has 1 heterocycles. The zero-order valence-corrected chi connectivity index (χ0v) is 10.9. The number of pyridine rings is 1. The topological polar surface area (TPSA) is 109 Å². The molecule has 0 bridgehead atoms. The predicted molar refractivity (Wildman–Crippen MR) is 65.1 cm³/mol. The molecule has 0 amide bonds. The Balaban J connectivity index is 2.87. The molecule has 100 valence electrons. The molecule has 0 aliphatic heterocycles. The van der Waals surface area contributed by atoms with E-state index < -0.39 is 21.3 Å². The first-order valence-corrected chi connectivity index (χ1v) is 6.58. The van der Waals surface area contributed by atoms with E-state index in [1.807, 2.05) is 0 Å². The van der Waals surface area contributed by atoms with Crippen LogP contribution in [0.2, 0.25) is 0 Å². The van der Waals surface area contributed by atoms with Crippen LogP contribution in [0.4, 0.5) is 4.39 Å². The fourth-order valence-electron chi connectivity index (χ4n) is 0.993. The summed E-state index contributed by atoms with van der Waals surface area (Å²) in [5.41, 5.74) is 4.53. The van der Waals surface area contributed by atoms with E-state index in [0.29, 0.717) is 0 Å². The van der Waals surface area contributed by atoms with Crippen LogP contribution in [0.5, 0.6) is 0 Å².